The summed E-state index contributed by atoms with van der Waals surface area (Å²) in [6.45, 7) is 1.80. The van der Waals surface area contributed by atoms with E-state index in [1.54, 1.807) is 24.3 Å². The van der Waals surface area contributed by atoms with Crippen LogP contribution in [0.4, 0.5) is 6.01 Å². The van der Waals surface area contributed by atoms with Gasteiger partial charge in [-0.3, -0.25) is 4.79 Å². The van der Waals surface area contributed by atoms with Crippen molar-refractivity contribution in [1.29, 1.82) is 5.26 Å². The molecule has 1 saturated heterocycles. The highest BCUT2D eigenvalue weighted by atomic mass is 16.4. The first-order valence-electron chi connectivity index (χ1n) is 9.19. The highest BCUT2D eigenvalue weighted by Gasteiger charge is 2.26. The highest BCUT2D eigenvalue weighted by Crippen LogP contribution is 2.25. The van der Waals surface area contributed by atoms with E-state index in [2.05, 4.69) is 20.4 Å². The molecule has 0 saturated carbocycles. The fourth-order valence-corrected chi connectivity index (χ4v) is 3.22. The van der Waals surface area contributed by atoms with Crippen molar-refractivity contribution in [2.75, 3.05) is 18.0 Å². The van der Waals surface area contributed by atoms with Crippen molar-refractivity contribution >= 4 is 11.9 Å². The summed E-state index contributed by atoms with van der Waals surface area (Å²) in [6, 6.07) is 18.0. The van der Waals surface area contributed by atoms with Gasteiger partial charge in [0.15, 0.2) is 0 Å². The molecule has 0 radical (unpaired) electrons. The number of carbonyl (C=O) groups excluding carboxylic acids is 1. The molecular formula is C21H19N5O2. The number of nitriles is 1. The number of rotatable bonds is 5. The second kappa shape index (κ2) is 7.92. The van der Waals surface area contributed by atoms with Gasteiger partial charge in [-0.2, -0.15) is 5.26 Å². The lowest BCUT2D eigenvalue weighted by molar-refractivity contribution is 0.0938. The maximum atomic E-state index is 12.8. The Bertz CT molecular complexity index is 986. The van der Waals surface area contributed by atoms with Crippen LogP contribution in [0.1, 0.15) is 46.3 Å². The van der Waals surface area contributed by atoms with E-state index in [1.807, 2.05) is 36.4 Å². The van der Waals surface area contributed by atoms with Crippen LogP contribution in [0.3, 0.4) is 0 Å². The van der Waals surface area contributed by atoms with E-state index in [0.29, 0.717) is 23.0 Å². The molecule has 7 nitrogen and oxygen atoms in total. The molecule has 0 spiro atoms. The van der Waals surface area contributed by atoms with E-state index in [9.17, 15) is 4.79 Å². The van der Waals surface area contributed by atoms with Crippen LogP contribution in [-0.2, 0) is 0 Å². The van der Waals surface area contributed by atoms with E-state index in [0.717, 1.165) is 31.5 Å². The minimum atomic E-state index is -0.562. The smallest absolute Gasteiger partial charge is 0.318 e. The van der Waals surface area contributed by atoms with Gasteiger partial charge in [-0.1, -0.05) is 35.4 Å². The molecule has 1 aromatic heterocycles. The summed E-state index contributed by atoms with van der Waals surface area (Å²) in [5.41, 5.74) is 1.81. The van der Waals surface area contributed by atoms with Gasteiger partial charge < -0.3 is 14.6 Å². The topological polar surface area (TPSA) is 95.0 Å². The van der Waals surface area contributed by atoms with E-state index in [-0.39, 0.29) is 5.91 Å². The molecule has 4 rings (SSSR count). The number of hydrogen-bond donors (Lipinski definition) is 1. The summed E-state index contributed by atoms with van der Waals surface area (Å²) >= 11 is 0. The van der Waals surface area contributed by atoms with Crippen LogP contribution in [-0.4, -0.2) is 29.2 Å². The lowest BCUT2D eigenvalue weighted by atomic mass is 10.1. The van der Waals surface area contributed by atoms with Crippen molar-refractivity contribution in [3.8, 4) is 6.07 Å². The number of aromatic nitrogens is 2. The number of anilines is 1. The van der Waals surface area contributed by atoms with Gasteiger partial charge in [0.2, 0.25) is 5.89 Å². The second-order valence-electron chi connectivity index (χ2n) is 6.62. The lowest BCUT2D eigenvalue weighted by Gasteiger charge is -2.16. The molecule has 0 bridgehead atoms. The summed E-state index contributed by atoms with van der Waals surface area (Å²) < 4.78 is 5.90. The zero-order valence-corrected chi connectivity index (χ0v) is 15.2. The maximum absolute atomic E-state index is 12.8. The molecule has 140 valence electrons. The van der Waals surface area contributed by atoms with Crippen molar-refractivity contribution in [2.24, 2.45) is 0 Å². The Hall–Kier alpha value is -3.66. The van der Waals surface area contributed by atoms with Crippen molar-refractivity contribution in [3.05, 3.63) is 77.2 Å². The molecule has 1 fully saturated rings. The minimum Gasteiger partial charge on any atom is -0.405 e. The quantitative estimate of drug-likeness (QED) is 0.738. The first-order chi connectivity index (χ1) is 13.7. The number of hydrogen-bond acceptors (Lipinski definition) is 6. The van der Waals surface area contributed by atoms with E-state index >= 15 is 0 Å². The SMILES string of the molecule is N#Cc1ccc(C(=O)N[C@@H](c2ccccc2)c2nnc(N3CCCC3)o2)cc1. The van der Waals surface area contributed by atoms with Crippen molar-refractivity contribution in [3.63, 3.8) is 0 Å². The normalized spacial score (nSPS) is 14.5. The first-order valence-corrected chi connectivity index (χ1v) is 9.19. The predicted octanol–water partition coefficient (Wildman–Crippen LogP) is 3.06. The van der Waals surface area contributed by atoms with Crippen LogP contribution in [0.5, 0.6) is 0 Å². The van der Waals surface area contributed by atoms with E-state index < -0.39 is 6.04 Å². The van der Waals surface area contributed by atoms with Crippen LogP contribution in [0, 0.1) is 11.3 Å². The van der Waals surface area contributed by atoms with E-state index in [1.165, 1.54) is 0 Å². The zero-order chi connectivity index (χ0) is 19.3. The molecule has 0 aliphatic carbocycles. The van der Waals surface area contributed by atoms with Crippen molar-refractivity contribution in [1.82, 2.24) is 15.5 Å². The number of amides is 1. The van der Waals surface area contributed by atoms with Crippen LogP contribution in [0.2, 0.25) is 0 Å². The third-order valence-corrected chi connectivity index (χ3v) is 4.74. The van der Waals surface area contributed by atoms with Crippen molar-refractivity contribution < 1.29 is 9.21 Å². The third kappa shape index (κ3) is 3.71. The van der Waals surface area contributed by atoms with Crippen LogP contribution < -0.4 is 10.2 Å². The number of nitrogens with zero attached hydrogens (tertiary/aromatic N) is 4. The van der Waals surface area contributed by atoms with Gasteiger partial charge in [0.1, 0.15) is 6.04 Å². The van der Waals surface area contributed by atoms with Crippen LogP contribution in [0.25, 0.3) is 0 Å². The number of carbonyl (C=O) groups is 1. The fourth-order valence-electron chi connectivity index (χ4n) is 3.22. The summed E-state index contributed by atoms with van der Waals surface area (Å²) in [7, 11) is 0. The fraction of sp³-hybridized carbons (Fsp3) is 0.238. The monoisotopic (exact) mass is 373 g/mol. The molecule has 0 unspecified atom stereocenters. The first kappa shape index (κ1) is 17.7. The molecule has 7 heteroatoms. The van der Waals surface area contributed by atoms with Gasteiger partial charge >= 0.3 is 6.01 Å². The number of nitrogens with one attached hydrogen (secondary N) is 1. The van der Waals surface area contributed by atoms with Gasteiger partial charge in [-0.25, -0.2) is 0 Å². The Morgan fingerprint density at radius 2 is 1.79 bits per heavy atom. The zero-order valence-electron chi connectivity index (χ0n) is 15.2. The molecule has 2 aromatic carbocycles. The van der Waals surface area contributed by atoms with Crippen molar-refractivity contribution in [2.45, 2.75) is 18.9 Å². The number of benzene rings is 2. The van der Waals surface area contributed by atoms with Gasteiger partial charge in [0.05, 0.1) is 11.6 Å². The molecule has 1 atom stereocenters. The molecule has 2 heterocycles. The van der Waals surface area contributed by atoms with Gasteiger partial charge in [0, 0.05) is 18.7 Å². The summed E-state index contributed by atoms with van der Waals surface area (Å²) in [5.74, 6) is 0.0642. The molecule has 1 amide bonds. The van der Waals surface area contributed by atoms with Crippen LogP contribution in [0.15, 0.2) is 59.0 Å². The standard InChI is InChI=1S/C21H19N5O2/c22-14-15-8-10-17(11-9-15)19(27)23-18(16-6-2-1-3-7-16)20-24-25-21(28-20)26-12-4-5-13-26/h1-3,6-11,18H,4-5,12-13H2,(H,23,27)/t18-/m0/s1. The molecule has 1 N–H and O–H groups in total. The largest absolute Gasteiger partial charge is 0.405 e. The van der Waals surface area contributed by atoms with Gasteiger partial charge in [-0.15, -0.1) is 5.10 Å². The summed E-state index contributed by atoms with van der Waals surface area (Å²) in [4.78, 5) is 14.8. The third-order valence-electron chi connectivity index (χ3n) is 4.74. The van der Waals surface area contributed by atoms with E-state index in [4.69, 9.17) is 9.68 Å². The Balaban J connectivity index is 1.60. The summed E-state index contributed by atoms with van der Waals surface area (Å²) in [5, 5.41) is 20.3. The lowest BCUT2D eigenvalue weighted by Crippen LogP contribution is -2.29. The molecule has 1 aliphatic heterocycles. The maximum Gasteiger partial charge on any atom is 0.318 e. The average Bonchev–Trinajstić information content (AvgIpc) is 3.44. The predicted molar refractivity (Wildman–Crippen MR) is 103 cm³/mol. The van der Waals surface area contributed by atoms with Gasteiger partial charge in [-0.05, 0) is 42.7 Å². The molecular weight excluding hydrogens is 354 g/mol. The average molecular weight is 373 g/mol. The molecule has 3 aromatic rings. The Kier molecular flexibility index (Phi) is 5.02. The van der Waals surface area contributed by atoms with Crippen LogP contribution >= 0.6 is 0 Å². The Morgan fingerprint density at radius 3 is 2.46 bits per heavy atom. The van der Waals surface area contributed by atoms with Gasteiger partial charge in [0.25, 0.3) is 5.91 Å². The summed E-state index contributed by atoms with van der Waals surface area (Å²) in [6.07, 6.45) is 2.21. The molecule has 28 heavy (non-hydrogen) atoms. The molecule has 1 aliphatic rings. The highest BCUT2D eigenvalue weighted by molar-refractivity contribution is 5.94. The Morgan fingerprint density at radius 1 is 1.07 bits per heavy atom. The minimum absolute atomic E-state index is 0.278. The second-order valence-corrected chi connectivity index (χ2v) is 6.62. The Labute approximate surface area is 162 Å².